The van der Waals surface area contributed by atoms with E-state index in [0.717, 1.165) is 40.6 Å². The summed E-state index contributed by atoms with van der Waals surface area (Å²) < 4.78 is 7.19. The SMILES string of the molecule is O=C(CSCc1nc2ccccc2s1)Nc1cccc(OC2CCCC2)c1. The minimum atomic E-state index is -0.000808. The van der Waals surface area contributed by atoms with Crippen LogP contribution in [-0.4, -0.2) is 22.7 Å². The lowest BCUT2D eigenvalue weighted by atomic mass is 10.2. The highest BCUT2D eigenvalue weighted by atomic mass is 32.2. The number of anilines is 1. The molecule has 0 bridgehead atoms. The predicted molar refractivity (Wildman–Crippen MR) is 114 cm³/mol. The fourth-order valence-electron chi connectivity index (χ4n) is 3.26. The third-order valence-corrected chi connectivity index (χ3v) is 6.68. The number of carbonyl (C=O) groups excluding carboxylic acids is 1. The van der Waals surface area contributed by atoms with Crippen molar-refractivity contribution in [3.63, 3.8) is 0 Å². The van der Waals surface area contributed by atoms with Crippen molar-refractivity contribution < 1.29 is 9.53 Å². The Hall–Kier alpha value is -2.05. The first-order chi connectivity index (χ1) is 13.3. The van der Waals surface area contributed by atoms with E-state index >= 15 is 0 Å². The fourth-order valence-corrected chi connectivity index (χ4v) is 5.10. The van der Waals surface area contributed by atoms with Gasteiger partial charge in [0.05, 0.1) is 22.1 Å². The molecular weight excluding hydrogens is 376 g/mol. The third-order valence-electron chi connectivity index (χ3n) is 4.52. The molecule has 3 aromatic rings. The average molecular weight is 399 g/mol. The van der Waals surface area contributed by atoms with Gasteiger partial charge in [-0.1, -0.05) is 18.2 Å². The second-order valence-electron chi connectivity index (χ2n) is 6.67. The molecule has 0 radical (unpaired) electrons. The van der Waals surface area contributed by atoms with Gasteiger partial charge < -0.3 is 10.1 Å². The quantitative estimate of drug-likeness (QED) is 0.572. The van der Waals surface area contributed by atoms with Gasteiger partial charge in [-0.2, -0.15) is 0 Å². The highest BCUT2D eigenvalue weighted by Gasteiger charge is 2.16. The van der Waals surface area contributed by atoms with Crippen LogP contribution < -0.4 is 10.1 Å². The Balaban J connectivity index is 1.26. The van der Waals surface area contributed by atoms with Crippen LogP contribution in [0.5, 0.6) is 5.75 Å². The van der Waals surface area contributed by atoms with E-state index in [1.165, 1.54) is 17.5 Å². The van der Waals surface area contributed by atoms with Gasteiger partial charge in [0.2, 0.25) is 5.91 Å². The van der Waals surface area contributed by atoms with Crippen molar-refractivity contribution in [2.24, 2.45) is 0 Å². The molecule has 4 nitrogen and oxygen atoms in total. The van der Waals surface area contributed by atoms with E-state index in [4.69, 9.17) is 4.74 Å². The van der Waals surface area contributed by atoms with Crippen LogP contribution in [0.4, 0.5) is 5.69 Å². The minimum absolute atomic E-state index is 0.000808. The van der Waals surface area contributed by atoms with Gasteiger partial charge in [0, 0.05) is 17.5 Å². The monoisotopic (exact) mass is 398 g/mol. The molecule has 1 amide bonds. The zero-order valence-corrected chi connectivity index (χ0v) is 16.7. The van der Waals surface area contributed by atoms with E-state index in [2.05, 4.69) is 16.4 Å². The predicted octanol–water partition coefficient (Wildman–Crippen LogP) is 5.49. The van der Waals surface area contributed by atoms with Crippen LogP contribution in [0.15, 0.2) is 48.5 Å². The molecule has 140 valence electrons. The van der Waals surface area contributed by atoms with Crippen molar-refractivity contribution in [2.75, 3.05) is 11.1 Å². The summed E-state index contributed by atoms with van der Waals surface area (Å²) in [6, 6.07) is 15.8. The summed E-state index contributed by atoms with van der Waals surface area (Å²) in [5.41, 5.74) is 1.82. The van der Waals surface area contributed by atoms with Gasteiger partial charge in [-0.15, -0.1) is 23.1 Å². The van der Waals surface area contributed by atoms with Gasteiger partial charge >= 0.3 is 0 Å². The molecule has 1 saturated carbocycles. The third kappa shape index (κ3) is 5.02. The number of nitrogens with one attached hydrogen (secondary N) is 1. The summed E-state index contributed by atoms with van der Waals surface area (Å²) in [6.07, 6.45) is 5.05. The van der Waals surface area contributed by atoms with Gasteiger partial charge in [0.25, 0.3) is 0 Å². The molecule has 1 aliphatic rings. The molecule has 1 fully saturated rings. The highest BCUT2D eigenvalue weighted by Crippen LogP contribution is 2.27. The number of thiazole rings is 1. The normalized spacial score (nSPS) is 14.5. The second-order valence-corrected chi connectivity index (χ2v) is 8.77. The van der Waals surface area contributed by atoms with Crippen LogP contribution in [0.25, 0.3) is 10.2 Å². The first kappa shape index (κ1) is 18.3. The zero-order valence-electron chi connectivity index (χ0n) is 15.0. The molecule has 6 heteroatoms. The van der Waals surface area contributed by atoms with Gasteiger partial charge in [-0.3, -0.25) is 4.79 Å². The maximum Gasteiger partial charge on any atom is 0.234 e. The van der Waals surface area contributed by atoms with Gasteiger partial charge in [0.15, 0.2) is 0 Å². The number of ether oxygens (including phenoxy) is 1. The van der Waals surface area contributed by atoms with Crippen molar-refractivity contribution in [2.45, 2.75) is 37.5 Å². The molecule has 1 heterocycles. The van der Waals surface area contributed by atoms with Crippen molar-refractivity contribution >= 4 is 44.9 Å². The Labute approximate surface area is 167 Å². The molecule has 1 N–H and O–H groups in total. The van der Waals surface area contributed by atoms with Crippen LogP contribution in [0, 0.1) is 0 Å². The first-order valence-electron chi connectivity index (χ1n) is 9.25. The maximum atomic E-state index is 12.2. The Kier molecular flexibility index (Phi) is 5.94. The largest absolute Gasteiger partial charge is 0.490 e. The molecule has 0 saturated heterocycles. The topological polar surface area (TPSA) is 51.2 Å². The number of para-hydroxylation sites is 1. The van der Waals surface area contributed by atoms with E-state index in [9.17, 15) is 4.79 Å². The van der Waals surface area contributed by atoms with Crippen LogP contribution in [-0.2, 0) is 10.5 Å². The Morgan fingerprint density at radius 3 is 2.89 bits per heavy atom. The molecule has 27 heavy (non-hydrogen) atoms. The molecule has 0 aliphatic heterocycles. The smallest absolute Gasteiger partial charge is 0.234 e. The fraction of sp³-hybridized carbons (Fsp3) is 0.333. The molecule has 1 aromatic heterocycles. The number of hydrogen-bond donors (Lipinski definition) is 1. The molecule has 0 unspecified atom stereocenters. The van der Waals surface area contributed by atoms with E-state index in [0.29, 0.717) is 11.9 Å². The van der Waals surface area contributed by atoms with E-state index in [1.54, 1.807) is 23.1 Å². The van der Waals surface area contributed by atoms with Crippen molar-refractivity contribution in [1.82, 2.24) is 4.98 Å². The molecule has 4 rings (SSSR count). The second kappa shape index (κ2) is 8.76. The summed E-state index contributed by atoms with van der Waals surface area (Å²) >= 11 is 3.27. The lowest BCUT2D eigenvalue weighted by Gasteiger charge is -2.14. The minimum Gasteiger partial charge on any atom is -0.490 e. The van der Waals surface area contributed by atoms with Crippen molar-refractivity contribution in [3.8, 4) is 5.75 Å². The van der Waals surface area contributed by atoms with Gasteiger partial charge in [-0.25, -0.2) is 4.98 Å². The maximum absolute atomic E-state index is 12.2. The van der Waals surface area contributed by atoms with Gasteiger partial charge in [-0.05, 0) is 49.9 Å². The average Bonchev–Trinajstić information content (AvgIpc) is 3.31. The lowest BCUT2D eigenvalue weighted by molar-refractivity contribution is -0.113. The van der Waals surface area contributed by atoms with Crippen molar-refractivity contribution in [3.05, 3.63) is 53.5 Å². The zero-order chi connectivity index (χ0) is 18.5. The van der Waals surface area contributed by atoms with Crippen LogP contribution in [0.2, 0.25) is 0 Å². The Bertz CT molecular complexity index is 886. The molecule has 2 aromatic carbocycles. The van der Waals surface area contributed by atoms with E-state index < -0.39 is 0 Å². The summed E-state index contributed by atoms with van der Waals surface area (Å²) in [5.74, 6) is 1.99. The molecule has 1 aliphatic carbocycles. The number of thioether (sulfide) groups is 1. The highest BCUT2D eigenvalue weighted by molar-refractivity contribution is 7.99. The number of amides is 1. The number of nitrogens with zero attached hydrogens (tertiary/aromatic N) is 1. The standard InChI is InChI=1S/C21H22N2O2S2/c24-20(13-26-14-21-23-18-10-3-4-11-19(18)27-21)22-15-6-5-9-17(12-15)25-16-7-1-2-8-16/h3-6,9-12,16H,1-2,7-8,13-14H2,(H,22,24). The number of carbonyl (C=O) groups is 1. The molecule has 0 spiro atoms. The van der Waals surface area contributed by atoms with E-state index in [1.807, 2.05) is 42.5 Å². The Morgan fingerprint density at radius 2 is 2.04 bits per heavy atom. The molecular formula is C21H22N2O2S2. The lowest BCUT2D eigenvalue weighted by Crippen LogP contribution is -2.15. The summed E-state index contributed by atoms with van der Waals surface area (Å²) in [5, 5.41) is 4.02. The van der Waals surface area contributed by atoms with Crippen molar-refractivity contribution in [1.29, 1.82) is 0 Å². The van der Waals surface area contributed by atoms with Crippen LogP contribution in [0.3, 0.4) is 0 Å². The number of rotatable bonds is 7. The number of hydrogen-bond acceptors (Lipinski definition) is 5. The number of benzene rings is 2. The number of aromatic nitrogens is 1. The summed E-state index contributed by atoms with van der Waals surface area (Å²) in [6.45, 7) is 0. The van der Waals surface area contributed by atoms with E-state index in [-0.39, 0.29) is 5.91 Å². The van der Waals surface area contributed by atoms with Gasteiger partial charge in [0.1, 0.15) is 10.8 Å². The van der Waals surface area contributed by atoms with Crippen LogP contribution >= 0.6 is 23.1 Å². The van der Waals surface area contributed by atoms with Crippen LogP contribution in [0.1, 0.15) is 30.7 Å². The molecule has 0 atom stereocenters. The summed E-state index contributed by atoms with van der Waals surface area (Å²) in [4.78, 5) is 16.8. The first-order valence-corrected chi connectivity index (χ1v) is 11.2. The summed E-state index contributed by atoms with van der Waals surface area (Å²) in [7, 11) is 0. The number of fused-ring (bicyclic) bond motifs is 1. The Morgan fingerprint density at radius 1 is 1.19 bits per heavy atom.